The van der Waals surface area contributed by atoms with Crippen LogP contribution in [0.15, 0.2) is 43.0 Å². The lowest BCUT2D eigenvalue weighted by Crippen LogP contribution is -2.46. The van der Waals surface area contributed by atoms with Crippen molar-refractivity contribution in [3.63, 3.8) is 0 Å². The van der Waals surface area contributed by atoms with Gasteiger partial charge >= 0.3 is 0 Å². The summed E-state index contributed by atoms with van der Waals surface area (Å²) >= 11 is 0. The summed E-state index contributed by atoms with van der Waals surface area (Å²) in [6.45, 7) is 5.18. The molecular formula is C15H22N2O2. The van der Waals surface area contributed by atoms with Crippen molar-refractivity contribution in [3.05, 3.63) is 48.6 Å². The molecule has 0 spiro atoms. The second kappa shape index (κ2) is 8.45. The third-order valence-corrected chi connectivity index (χ3v) is 2.84. The number of nitrogens with zero attached hydrogens (tertiary/aromatic N) is 1. The van der Waals surface area contributed by atoms with Crippen molar-refractivity contribution >= 4 is 5.91 Å². The smallest absolute Gasteiger partial charge is 0.240 e. The first-order chi connectivity index (χ1) is 9.19. The molecule has 0 aromatic heterocycles. The van der Waals surface area contributed by atoms with Gasteiger partial charge in [-0.1, -0.05) is 36.4 Å². The molecule has 19 heavy (non-hydrogen) atoms. The number of hydrogen-bond donors (Lipinski definition) is 1. The van der Waals surface area contributed by atoms with Crippen molar-refractivity contribution < 1.29 is 9.53 Å². The summed E-state index contributed by atoms with van der Waals surface area (Å²) in [5.41, 5.74) is 7.05. The molecule has 1 aromatic carbocycles. The van der Waals surface area contributed by atoms with Crippen LogP contribution in [0, 0.1) is 0 Å². The van der Waals surface area contributed by atoms with Crippen molar-refractivity contribution in [3.8, 4) is 0 Å². The number of nitrogens with two attached hydrogens (primary N) is 1. The Bertz CT molecular complexity index is 392. The molecule has 0 bridgehead atoms. The van der Waals surface area contributed by atoms with E-state index in [9.17, 15) is 4.79 Å². The number of benzene rings is 1. The normalized spacial score (nSPS) is 11.9. The molecule has 1 amide bonds. The highest BCUT2D eigenvalue weighted by Gasteiger charge is 2.20. The minimum Gasteiger partial charge on any atom is -0.383 e. The van der Waals surface area contributed by atoms with E-state index in [1.165, 1.54) is 0 Å². The number of carbonyl (C=O) groups excluding carboxylic acids is 1. The van der Waals surface area contributed by atoms with Crippen molar-refractivity contribution in [2.75, 3.05) is 26.8 Å². The zero-order valence-corrected chi connectivity index (χ0v) is 11.4. The van der Waals surface area contributed by atoms with Crippen LogP contribution in [0.2, 0.25) is 0 Å². The Balaban J connectivity index is 2.59. The van der Waals surface area contributed by atoms with Crippen LogP contribution in [0.3, 0.4) is 0 Å². The molecule has 104 valence electrons. The molecule has 0 fully saturated rings. The Morgan fingerprint density at radius 2 is 2.16 bits per heavy atom. The Morgan fingerprint density at radius 3 is 2.74 bits per heavy atom. The zero-order valence-electron chi connectivity index (χ0n) is 11.4. The van der Waals surface area contributed by atoms with Gasteiger partial charge in [0.25, 0.3) is 0 Å². The van der Waals surface area contributed by atoms with E-state index in [2.05, 4.69) is 6.58 Å². The average molecular weight is 262 g/mol. The third-order valence-electron chi connectivity index (χ3n) is 2.84. The van der Waals surface area contributed by atoms with Crippen LogP contribution < -0.4 is 5.73 Å². The zero-order chi connectivity index (χ0) is 14.1. The maximum atomic E-state index is 12.2. The van der Waals surface area contributed by atoms with Crippen molar-refractivity contribution in [1.29, 1.82) is 0 Å². The maximum Gasteiger partial charge on any atom is 0.240 e. The van der Waals surface area contributed by atoms with Gasteiger partial charge in [-0.05, 0) is 12.0 Å². The van der Waals surface area contributed by atoms with E-state index in [4.69, 9.17) is 10.5 Å². The summed E-state index contributed by atoms with van der Waals surface area (Å²) in [5.74, 6) is -0.0687. The summed E-state index contributed by atoms with van der Waals surface area (Å²) in [6, 6.07) is 9.25. The van der Waals surface area contributed by atoms with Crippen molar-refractivity contribution in [2.24, 2.45) is 5.73 Å². The fourth-order valence-corrected chi connectivity index (χ4v) is 1.84. The van der Waals surface area contributed by atoms with Gasteiger partial charge in [0, 0.05) is 20.2 Å². The Labute approximate surface area is 114 Å². The summed E-state index contributed by atoms with van der Waals surface area (Å²) in [7, 11) is 1.61. The van der Waals surface area contributed by atoms with Gasteiger partial charge in [0.1, 0.15) is 0 Å². The molecule has 0 radical (unpaired) electrons. The van der Waals surface area contributed by atoms with Gasteiger partial charge in [-0.2, -0.15) is 0 Å². The number of rotatable bonds is 8. The lowest BCUT2D eigenvalue weighted by atomic mass is 10.1. The minimum atomic E-state index is -0.529. The van der Waals surface area contributed by atoms with Gasteiger partial charge in [0.2, 0.25) is 5.91 Å². The van der Waals surface area contributed by atoms with E-state index in [-0.39, 0.29) is 5.91 Å². The van der Waals surface area contributed by atoms with Crippen LogP contribution in [-0.2, 0) is 16.0 Å². The Hall–Kier alpha value is -1.65. The predicted molar refractivity (Wildman–Crippen MR) is 76.8 cm³/mol. The van der Waals surface area contributed by atoms with Gasteiger partial charge < -0.3 is 15.4 Å². The largest absolute Gasteiger partial charge is 0.383 e. The number of amides is 1. The van der Waals surface area contributed by atoms with E-state index in [0.717, 1.165) is 5.56 Å². The lowest BCUT2D eigenvalue weighted by molar-refractivity contribution is -0.132. The summed E-state index contributed by atoms with van der Waals surface area (Å²) < 4.78 is 5.00. The standard InChI is InChI=1S/C15H22N2O2/c1-3-9-17(10-11-19-2)15(18)14(16)12-13-7-5-4-6-8-13/h3-8,14H,1,9-12,16H2,2H3. The SMILES string of the molecule is C=CCN(CCOC)C(=O)C(N)Cc1ccccc1. The molecule has 0 heterocycles. The quantitative estimate of drug-likeness (QED) is 0.717. The van der Waals surface area contributed by atoms with E-state index in [1.807, 2.05) is 30.3 Å². The Kier molecular flexibility index (Phi) is 6.85. The average Bonchev–Trinajstić information content (AvgIpc) is 2.43. The second-order valence-corrected chi connectivity index (χ2v) is 4.36. The molecule has 1 rings (SSSR count). The van der Waals surface area contributed by atoms with E-state index in [0.29, 0.717) is 26.1 Å². The first-order valence-corrected chi connectivity index (χ1v) is 6.37. The van der Waals surface area contributed by atoms with E-state index >= 15 is 0 Å². The van der Waals surface area contributed by atoms with Crippen molar-refractivity contribution in [1.82, 2.24) is 4.90 Å². The van der Waals surface area contributed by atoms with Crippen LogP contribution in [0.25, 0.3) is 0 Å². The number of carbonyl (C=O) groups is 1. The van der Waals surface area contributed by atoms with Gasteiger partial charge in [-0.15, -0.1) is 6.58 Å². The molecule has 0 aliphatic heterocycles. The molecular weight excluding hydrogens is 240 g/mol. The fraction of sp³-hybridized carbons (Fsp3) is 0.400. The van der Waals surface area contributed by atoms with Crippen LogP contribution in [-0.4, -0.2) is 43.7 Å². The highest BCUT2D eigenvalue weighted by molar-refractivity contribution is 5.82. The van der Waals surface area contributed by atoms with Gasteiger partial charge in [0.05, 0.1) is 12.6 Å². The van der Waals surface area contributed by atoms with Gasteiger partial charge in [-0.3, -0.25) is 4.79 Å². The summed E-state index contributed by atoms with van der Waals surface area (Å²) in [6.07, 6.45) is 2.24. The minimum absolute atomic E-state index is 0.0687. The third kappa shape index (κ3) is 5.24. The van der Waals surface area contributed by atoms with Crippen LogP contribution in [0.4, 0.5) is 0 Å². The molecule has 4 nitrogen and oxygen atoms in total. The molecule has 1 atom stereocenters. The first-order valence-electron chi connectivity index (χ1n) is 6.37. The second-order valence-electron chi connectivity index (χ2n) is 4.36. The number of ether oxygens (including phenoxy) is 1. The van der Waals surface area contributed by atoms with Crippen molar-refractivity contribution in [2.45, 2.75) is 12.5 Å². The highest BCUT2D eigenvalue weighted by atomic mass is 16.5. The highest BCUT2D eigenvalue weighted by Crippen LogP contribution is 2.04. The first kappa shape index (κ1) is 15.4. The monoisotopic (exact) mass is 262 g/mol. The van der Waals surface area contributed by atoms with Gasteiger partial charge in [0.15, 0.2) is 0 Å². The molecule has 0 aliphatic carbocycles. The molecule has 0 aliphatic rings. The molecule has 4 heteroatoms. The molecule has 0 saturated carbocycles. The lowest BCUT2D eigenvalue weighted by Gasteiger charge is -2.24. The molecule has 2 N–H and O–H groups in total. The van der Waals surface area contributed by atoms with Crippen LogP contribution in [0.5, 0.6) is 0 Å². The Morgan fingerprint density at radius 1 is 1.47 bits per heavy atom. The summed E-state index contributed by atoms with van der Waals surface area (Å²) in [5, 5.41) is 0. The van der Waals surface area contributed by atoms with Crippen LogP contribution >= 0.6 is 0 Å². The topological polar surface area (TPSA) is 55.6 Å². The molecule has 1 aromatic rings. The van der Waals surface area contributed by atoms with E-state index < -0.39 is 6.04 Å². The van der Waals surface area contributed by atoms with E-state index in [1.54, 1.807) is 18.1 Å². The molecule has 0 saturated heterocycles. The van der Waals surface area contributed by atoms with Crippen LogP contribution in [0.1, 0.15) is 5.56 Å². The predicted octanol–water partition coefficient (Wildman–Crippen LogP) is 1.22. The number of methoxy groups -OCH3 is 1. The van der Waals surface area contributed by atoms with Gasteiger partial charge in [-0.25, -0.2) is 0 Å². The fourth-order valence-electron chi connectivity index (χ4n) is 1.84. The molecule has 1 unspecified atom stereocenters. The number of hydrogen-bond acceptors (Lipinski definition) is 3. The maximum absolute atomic E-state index is 12.2. The summed E-state index contributed by atoms with van der Waals surface area (Å²) in [4.78, 5) is 13.9.